The fourth-order valence-corrected chi connectivity index (χ4v) is 4.82. The summed E-state index contributed by atoms with van der Waals surface area (Å²) in [4.78, 5) is 25.8. The summed E-state index contributed by atoms with van der Waals surface area (Å²) in [6, 6.07) is 22.7. The van der Waals surface area contributed by atoms with Crippen molar-refractivity contribution in [1.82, 2.24) is 0 Å². The molecule has 6 heteroatoms. The molecule has 0 spiro atoms. The van der Waals surface area contributed by atoms with Gasteiger partial charge in [0.2, 0.25) is 0 Å². The Balaban J connectivity index is 1.53. The van der Waals surface area contributed by atoms with Crippen LogP contribution >= 0.6 is 11.3 Å². The maximum Gasteiger partial charge on any atom is 0.345 e. The lowest BCUT2D eigenvalue weighted by Crippen LogP contribution is -2.16. The fourth-order valence-electron chi connectivity index (χ4n) is 3.65. The van der Waals surface area contributed by atoms with Crippen LogP contribution in [0.4, 0.5) is 5.69 Å². The molecule has 0 saturated heterocycles. The number of carbonyl (C=O) groups is 2. The maximum absolute atomic E-state index is 11.8. The number of esters is 2. The van der Waals surface area contributed by atoms with Crippen LogP contribution in [-0.4, -0.2) is 33.2 Å². The number of methoxy groups -OCH3 is 2. The minimum Gasteiger partial charge on any atom is -0.465 e. The monoisotopic (exact) mass is 445 g/mol. The Bertz CT molecular complexity index is 1300. The van der Waals surface area contributed by atoms with E-state index in [1.807, 2.05) is 42.6 Å². The third kappa shape index (κ3) is 4.36. The molecule has 32 heavy (non-hydrogen) atoms. The number of carbonyl (C=O) groups excluding carboxylic acids is 2. The zero-order valence-corrected chi connectivity index (χ0v) is 18.9. The Hall–Kier alpha value is -3.64. The average molecular weight is 446 g/mol. The molecular weight excluding hydrogens is 422 g/mol. The van der Waals surface area contributed by atoms with Crippen LogP contribution in [0.15, 0.2) is 72.3 Å². The van der Waals surface area contributed by atoms with Crippen LogP contribution in [0.1, 0.15) is 11.1 Å². The zero-order valence-electron chi connectivity index (χ0n) is 18.1. The van der Waals surface area contributed by atoms with E-state index in [0.717, 1.165) is 12.2 Å². The van der Waals surface area contributed by atoms with E-state index < -0.39 is 11.9 Å². The standard InChI is InChI=1S/C26H23NO4S/c1-27(16-18-10-13-21-20-6-4-5-7-23(20)32-24(21)15-18)19-11-8-17(9-12-19)14-22(25(28)30-2)26(29)31-3/h4-15H,16H2,1-3H3. The summed E-state index contributed by atoms with van der Waals surface area (Å²) in [5, 5.41) is 2.59. The second kappa shape index (κ2) is 9.24. The van der Waals surface area contributed by atoms with Crippen molar-refractivity contribution in [2.75, 3.05) is 26.2 Å². The summed E-state index contributed by atoms with van der Waals surface area (Å²) in [6.45, 7) is 0.759. The number of ether oxygens (including phenoxy) is 2. The molecule has 0 amide bonds. The Morgan fingerprint density at radius 2 is 1.53 bits per heavy atom. The molecule has 1 heterocycles. The van der Waals surface area contributed by atoms with E-state index in [0.29, 0.717) is 5.56 Å². The molecule has 0 aliphatic rings. The molecule has 0 N–H and O–H groups in total. The van der Waals surface area contributed by atoms with E-state index in [1.54, 1.807) is 0 Å². The number of anilines is 1. The Morgan fingerprint density at radius 3 is 2.22 bits per heavy atom. The molecule has 162 valence electrons. The van der Waals surface area contributed by atoms with Crippen molar-refractivity contribution in [3.05, 3.63) is 83.4 Å². The molecule has 0 aliphatic heterocycles. The van der Waals surface area contributed by atoms with Crippen LogP contribution in [0.2, 0.25) is 0 Å². The first-order chi connectivity index (χ1) is 15.5. The van der Waals surface area contributed by atoms with E-state index in [4.69, 9.17) is 0 Å². The fraction of sp³-hybridized carbons (Fsp3) is 0.154. The smallest absolute Gasteiger partial charge is 0.345 e. The molecule has 0 radical (unpaired) electrons. The van der Waals surface area contributed by atoms with Crippen molar-refractivity contribution in [2.24, 2.45) is 0 Å². The first kappa shape index (κ1) is 21.6. The molecule has 4 rings (SSSR count). The topological polar surface area (TPSA) is 55.8 Å². The second-order valence-corrected chi connectivity index (χ2v) is 8.50. The highest BCUT2D eigenvalue weighted by atomic mass is 32.1. The highest BCUT2D eigenvalue weighted by molar-refractivity contribution is 7.25. The van der Waals surface area contributed by atoms with Crippen LogP contribution in [0.3, 0.4) is 0 Å². The van der Waals surface area contributed by atoms with Crippen molar-refractivity contribution in [1.29, 1.82) is 0 Å². The maximum atomic E-state index is 11.8. The number of fused-ring (bicyclic) bond motifs is 3. The SMILES string of the molecule is COC(=O)C(=Cc1ccc(N(C)Cc2ccc3c(c2)sc2ccccc23)cc1)C(=O)OC. The molecule has 0 aliphatic carbocycles. The molecule has 4 aromatic rings. The predicted octanol–water partition coefficient (Wildman–Crippen LogP) is 5.42. The van der Waals surface area contributed by atoms with E-state index in [-0.39, 0.29) is 5.57 Å². The zero-order chi connectivity index (χ0) is 22.7. The largest absolute Gasteiger partial charge is 0.465 e. The summed E-state index contributed by atoms with van der Waals surface area (Å²) in [5.41, 5.74) is 2.82. The summed E-state index contributed by atoms with van der Waals surface area (Å²) in [7, 11) is 4.49. The average Bonchev–Trinajstić information content (AvgIpc) is 3.19. The van der Waals surface area contributed by atoms with Gasteiger partial charge in [0.15, 0.2) is 0 Å². The lowest BCUT2D eigenvalue weighted by Gasteiger charge is -2.19. The van der Waals surface area contributed by atoms with Crippen molar-refractivity contribution in [3.8, 4) is 0 Å². The lowest BCUT2D eigenvalue weighted by atomic mass is 10.1. The predicted molar refractivity (Wildman–Crippen MR) is 130 cm³/mol. The van der Waals surface area contributed by atoms with E-state index in [1.165, 1.54) is 46.0 Å². The summed E-state index contributed by atoms with van der Waals surface area (Å²) >= 11 is 1.81. The molecule has 0 atom stereocenters. The molecule has 0 saturated carbocycles. The van der Waals surface area contributed by atoms with Gasteiger partial charge in [0.25, 0.3) is 0 Å². The lowest BCUT2D eigenvalue weighted by molar-refractivity contribution is -0.143. The van der Waals surface area contributed by atoms with E-state index in [9.17, 15) is 9.59 Å². The van der Waals surface area contributed by atoms with Crippen molar-refractivity contribution in [2.45, 2.75) is 6.54 Å². The normalized spacial score (nSPS) is 10.7. The minimum absolute atomic E-state index is 0.146. The van der Waals surface area contributed by atoms with Crippen molar-refractivity contribution < 1.29 is 19.1 Å². The molecule has 0 fully saturated rings. The highest BCUT2D eigenvalue weighted by Gasteiger charge is 2.19. The van der Waals surface area contributed by atoms with Gasteiger partial charge < -0.3 is 14.4 Å². The molecule has 5 nitrogen and oxygen atoms in total. The molecule has 0 bridgehead atoms. The number of rotatable bonds is 6. The van der Waals surface area contributed by atoms with Gasteiger partial charge in [-0.1, -0.05) is 42.5 Å². The van der Waals surface area contributed by atoms with Gasteiger partial charge in [0.1, 0.15) is 5.57 Å². The van der Waals surface area contributed by atoms with E-state index in [2.05, 4.69) is 56.8 Å². The van der Waals surface area contributed by atoms with Crippen LogP contribution in [0.5, 0.6) is 0 Å². The van der Waals surface area contributed by atoms with Gasteiger partial charge in [-0.25, -0.2) is 9.59 Å². The van der Waals surface area contributed by atoms with Crippen LogP contribution < -0.4 is 4.90 Å². The Kier molecular flexibility index (Phi) is 6.23. The number of hydrogen-bond donors (Lipinski definition) is 0. The number of benzene rings is 3. The van der Waals surface area contributed by atoms with Gasteiger partial charge in [0.05, 0.1) is 14.2 Å². The summed E-state index contributed by atoms with van der Waals surface area (Å²) in [6.07, 6.45) is 1.47. The van der Waals surface area contributed by atoms with Gasteiger partial charge in [0, 0.05) is 39.5 Å². The minimum atomic E-state index is -0.727. The van der Waals surface area contributed by atoms with Crippen LogP contribution in [0, 0.1) is 0 Å². The number of hydrogen-bond acceptors (Lipinski definition) is 6. The molecule has 1 aromatic heterocycles. The van der Waals surface area contributed by atoms with E-state index >= 15 is 0 Å². The molecule has 0 unspecified atom stereocenters. The third-order valence-electron chi connectivity index (χ3n) is 5.32. The Labute approximate surface area is 190 Å². The van der Waals surface area contributed by atoms with Crippen molar-refractivity contribution >= 4 is 55.2 Å². The first-order valence-electron chi connectivity index (χ1n) is 10.1. The van der Waals surface area contributed by atoms with Gasteiger partial charge in [-0.2, -0.15) is 0 Å². The quantitative estimate of drug-likeness (QED) is 0.172. The summed E-state index contributed by atoms with van der Waals surface area (Å²) in [5.74, 6) is -1.45. The number of thiophene rings is 1. The molecular formula is C26H23NO4S. The summed E-state index contributed by atoms with van der Waals surface area (Å²) < 4.78 is 11.9. The van der Waals surface area contributed by atoms with Gasteiger partial charge in [-0.05, 0) is 41.5 Å². The van der Waals surface area contributed by atoms with Gasteiger partial charge in [-0.3, -0.25) is 0 Å². The van der Waals surface area contributed by atoms with Gasteiger partial charge >= 0.3 is 11.9 Å². The first-order valence-corrected chi connectivity index (χ1v) is 10.9. The van der Waals surface area contributed by atoms with Crippen LogP contribution in [-0.2, 0) is 25.6 Å². The Morgan fingerprint density at radius 1 is 0.875 bits per heavy atom. The highest BCUT2D eigenvalue weighted by Crippen LogP contribution is 2.34. The van der Waals surface area contributed by atoms with Crippen LogP contribution in [0.25, 0.3) is 26.2 Å². The number of nitrogens with zero attached hydrogens (tertiary/aromatic N) is 1. The van der Waals surface area contributed by atoms with Gasteiger partial charge in [-0.15, -0.1) is 11.3 Å². The third-order valence-corrected chi connectivity index (χ3v) is 6.45. The van der Waals surface area contributed by atoms with Crippen molar-refractivity contribution in [3.63, 3.8) is 0 Å². The molecule has 3 aromatic carbocycles. The second-order valence-electron chi connectivity index (χ2n) is 7.42.